The van der Waals surface area contributed by atoms with Gasteiger partial charge >= 0.3 is 5.97 Å². The standard InChI is InChI=1S/C12H10ClN3O2/c1-7-2-3-9(8(13)6-7)14-11-5-4-10(12(17)18)15-16-11/h2-6H,1H3,(H,14,16)(H,17,18). The van der Waals surface area contributed by atoms with Gasteiger partial charge in [0.1, 0.15) is 0 Å². The average Bonchev–Trinajstić information content (AvgIpc) is 2.33. The molecule has 0 spiro atoms. The van der Waals surface area contributed by atoms with Gasteiger partial charge in [-0.3, -0.25) is 0 Å². The van der Waals surface area contributed by atoms with Gasteiger partial charge in [-0.2, -0.15) is 0 Å². The van der Waals surface area contributed by atoms with Crippen molar-refractivity contribution in [3.63, 3.8) is 0 Å². The summed E-state index contributed by atoms with van der Waals surface area (Å²) < 4.78 is 0. The first kappa shape index (κ1) is 12.3. The molecule has 1 aromatic heterocycles. The van der Waals surface area contributed by atoms with E-state index >= 15 is 0 Å². The first-order valence-corrected chi connectivity index (χ1v) is 5.54. The number of hydrogen-bond donors (Lipinski definition) is 2. The molecule has 2 N–H and O–H groups in total. The molecule has 0 unspecified atom stereocenters. The summed E-state index contributed by atoms with van der Waals surface area (Å²) in [7, 11) is 0. The van der Waals surface area contributed by atoms with Crippen molar-refractivity contribution in [2.45, 2.75) is 6.92 Å². The van der Waals surface area contributed by atoms with E-state index < -0.39 is 5.97 Å². The van der Waals surface area contributed by atoms with Gasteiger partial charge in [0.05, 0.1) is 10.7 Å². The van der Waals surface area contributed by atoms with Crippen LogP contribution in [0.1, 0.15) is 16.1 Å². The van der Waals surface area contributed by atoms with Crippen molar-refractivity contribution in [1.82, 2.24) is 10.2 Å². The van der Waals surface area contributed by atoms with Gasteiger partial charge < -0.3 is 10.4 Å². The highest BCUT2D eigenvalue weighted by Crippen LogP contribution is 2.25. The van der Waals surface area contributed by atoms with E-state index in [-0.39, 0.29) is 5.69 Å². The Hall–Kier alpha value is -2.14. The van der Waals surface area contributed by atoms with Crippen LogP contribution in [-0.2, 0) is 0 Å². The minimum Gasteiger partial charge on any atom is -0.476 e. The Kier molecular flexibility index (Phi) is 3.43. The largest absolute Gasteiger partial charge is 0.476 e. The van der Waals surface area contributed by atoms with Crippen LogP contribution in [-0.4, -0.2) is 21.3 Å². The Morgan fingerprint density at radius 2 is 2.06 bits per heavy atom. The van der Waals surface area contributed by atoms with E-state index in [0.717, 1.165) is 5.56 Å². The van der Waals surface area contributed by atoms with Crippen LogP contribution in [0.25, 0.3) is 0 Å². The molecule has 0 aliphatic rings. The van der Waals surface area contributed by atoms with Gasteiger partial charge in [-0.25, -0.2) is 4.79 Å². The lowest BCUT2D eigenvalue weighted by atomic mass is 10.2. The zero-order chi connectivity index (χ0) is 13.1. The van der Waals surface area contributed by atoms with Crippen molar-refractivity contribution in [2.75, 3.05) is 5.32 Å². The zero-order valence-electron chi connectivity index (χ0n) is 9.51. The second-order valence-corrected chi connectivity index (χ2v) is 4.12. The third kappa shape index (κ3) is 2.75. The predicted octanol–water partition coefficient (Wildman–Crippen LogP) is 2.88. The summed E-state index contributed by atoms with van der Waals surface area (Å²) in [5.74, 6) is -0.673. The molecular weight excluding hydrogens is 254 g/mol. The maximum atomic E-state index is 10.6. The van der Waals surface area contributed by atoms with Crippen LogP contribution >= 0.6 is 11.6 Å². The molecule has 0 radical (unpaired) electrons. The van der Waals surface area contributed by atoms with Crippen LogP contribution in [0.3, 0.4) is 0 Å². The van der Waals surface area contributed by atoms with E-state index in [0.29, 0.717) is 16.5 Å². The number of hydrogen-bond acceptors (Lipinski definition) is 4. The fourth-order valence-corrected chi connectivity index (χ4v) is 1.65. The van der Waals surface area contributed by atoms with Crippen LogP contribution < -0.4 is 5.32 Å². The Bertz CT molecular complexity index is 584. The lowest BCUT2D eigenvalue weighted by Gasteiger charge is -2.07. The number of anilines is 2. The molecule has 2 aromatic rings. The summed E-state index contributed by atoms with van der Waals surface area (Å²) in [5.41, 5.74) is 1.65. The molecule has 0 aliphatic heterocycles. The Balaban J connectivity index is 2.21. The molecule has 0 saturated carbocycles. The highest BCUT2D eigenvalue weighted by Gasteiger charge is 2.06. The van der Waals surface area contributed by atoms with Crippen molar-refractivity contribution in [1.29, 1.82) is 0 Å². The van der Waals surface area contributed by atoms with E-state index in [2.05, 4.69) is 15.5 Å². The number of aromatic nitrogens is 2. The molecule has 18 heavy (non-hydrogen) atoms. The first-order chi connectivity index (χ1) is 8.56. The van der Waals surface area contributed by atoms with Crippen LogP contribution in [0.4, 0.5) is 11.5 Å². The van der Waals surface area contributed by atoms with E-state index in [9.17, 15) is 4.79 Å². The van der Waals surface area contributed by atoms with Crippen LogP contribution in [0, 0.1) is 6.92 Å². The van der Waals surface area contributed by atoms with Gasteiger partial charge in [0.25, 0.3) is 0 Å². The lowest BCUT2D eigenvalue weighted by Crippen LogP contribution is -2.03. The molecule has 0 saturated heterocycles. The summed E-state index contributed by atoms with van der Waals surface area (Å²) in [6.45, 7) is 1.94. The molecule has 0 atom stereocenters. The van der Waals surface area contributed by atoms with Crippen molar-refractivity contribution in [3.8, 4) is 0 Å². The van der Waals surface area contributed by atoms with E-state index in [4.69, 9.17) is 16.7 Å². The molecule has 1 aromatic carbocycles. The molecular formula is C12H10ClN3O2. The molecule has 1 heterocycles. The van der Waals surface area contributed by atoms with Gasteiger partial charge in [-0.15, -0.1) is 10.2 Å². The number of nitrogens with one attached hydrogen (secondary N) is 1. The van der Waals surface area contributed by atoms with Crippen molar-refractivity contribution in [3.05, 3.63) is 46.6 Å². The molecule has 92 valence electrons. The third-order valence-electron chi connectivity index (χ3n) is 2.27. The Morgan fingerprint density at radius 3 is 2.61 bits per heavy atom. The van der Waals surface area contributed by atoms with Gasteiger partial charge in [-0.1, -0.05) is 17.7 Å². The molecule has 5 nitrogen and oxygen atoms in total. The second kappa shape index (κ2) is 5.01. The molecule has 0 amide bonds. The predicted molar refractivity (Wildman–Crippen MR) is 68.5 cm³/mol. The number of rotatable bonds is 3. The van der Waals surface area contributed by atoms with Crippen LogP contribution in [0.15, 0.2) is 30.3 Å². The first-order valence-electron chi connectivity index (χ1n) is 5.16. The molecule has 0 aliphatic carbocycles. The van der Waals surface area contributed by atoms with Crippen LogP contribution in [0.2, 0.25) is 5.02 Å². The topological polar surface area (TPSA) is 75.1 Å². The lowest BCUT2D eigenvalue weighted by molar-refractivity contribution is 0.0689. The average molecular weight is 264 g/mol. The summed E-state index contributed by atoms with van der Waals surface area (Å²) in [5, 5.41) is 19.6. The number of carbonyl (C=O) groups is 1. The number of halogens is 1. The van der Waals surface area contributed by atoms with E-state index in [1.807, 2.05) is 25.1 Å². The van der Waals surface area contributed by atoms with Gasteiger partial charge in [0, 0.05) is 0 Å². The number of nitrogens with zero attached hydrogens (tertiary/aromatic N) is 2. The number of aromatic carboxylic acids is 1. The fraction of sp³-hybridized carbons (Fsp3) is 0.0833. The van der Waals surface area contributed by atoms with Gasteiger partial charge in [0.2, 0.25) is 0 Å². The number of carboxylic acids is 1. The normalized spacial score (nSPS) is 10.1. The SMILES string of the molecule is Cc1ccc(Nc2ccc(C(=O)O)nn2)c(Cl)c1. The summed E-state index contributed by atoms with van der Waals surface area (Å²) >= 11 is 6.06. The number of carboxylic acid groups (broad SMARTS) is 1. The number of benzene rings is 1. The molecule has 6 heteroatoms. The Labute approximate surface area is 108 Å². The summed E-state index contributed by atoms with van der Waals surface area (Å²) in [4.78, 5) is 10.6. The quantitative estimate of drug-likeness (QED) is 0.891. The van der Waals surface area contributed by atoms with E-state index in [1.54, 1.807) is 0 Å². The monoisotopic (exact) mass is 263 g/mol. The van der Waals surface area contributed by atoms with Gasteiger partial charge in [-0.05, 0) is 36.8 Å². The highest BCUT2D eigenvalue weighted by atomic mass is 35.5. The van der Waals surface area contributed by atoms with Crippen molar-refractivity contribution in [2.24, 2.45) is 0 Å². The summed E-state index contributed by atoms with van der Waals surface area (Å²) in [6.07, 6.45) is 0. The van der Waals surface area contributed by atoms with Crippen LogP contribution in [0.5, 0.6) is 0 Å². The third-order valence-corrected chi connectivity index (χ3v) is 2.58. The Morgan fingerprint density at radius 1 is 1.28 bits per heavy atom. The molecule has 0 fully saturated rings. The fourth-order valence-electron chi connectivity index (χ4n) is 1.37. The summed E-state index contributed by atoms with van der Waals surface area (Å²) in [6, 6.07) is 8.47. The zero-order valence-corrected chi connectivity index (χ0v) is 10.3. The minimum atomic E-state index is -1.11. The maximum absolute atomic E-state index is 10.6. The minimum absolute atomic E-state index is 0.101. The van der Waals surface area contributed by atoms with Gasteiger partial charge in [0.15, 0.2) is 11.5 Å². The smallest absolute Gasteiger partial charge is 0.356 e. The van der Waals surface area contributed by atoms with E-state index in [1.165, 1.54) is 12.1 Å². The highest BCUT2D eigenvalue weighted by molar-refractivity contribution is 6.33. The van der Waals surface area contributed by atoms with Crippen molar-refractivity contribution < 1.29 is 9.90 Å². The molecule has 2 rings (SSSR count). The van der Waals surface area contributed by atoms with Crippen molar-refractivity contribution >= 4 is 29.1 Å². The molecule has 0 bridgehead atoms. The maximum Gasteiger partial charge on any atom is 0.356 e. The second-order valence-electron chi connectivity index (χ2n) is 3.72. The number of aryl methyl sites for hydroxylation is 1.